The normalized spacial score (nSPS) is 10.4. The minimum Gasteiger partial charge on any atom is -0.403 e. The van der Waals surface area contributed by atoms with E-state index in [1.54, 1.807) is 19.1 Å². The number of benzene rings is 1. The second-order valence-corrected chi connectivity index (χ2v) is 3.41. The Morgan fingerprint density at radius 3 is 2.88 bits per heavy atom. The van der Waals surface area contributed by atoms with E-state index in [4.69, 9.17) is 4.42 Å². The van der Waals surface area contributed by atoms with Crippen molar-refractivity contribution in [2.24, 2.45) is 0 Å². The molecule has 2 rings (SSSR count). The van der Waals surface area contributed by atoms with Gasteiger partial charge in [0, 0.05) is 12.1 Å². The van der Waals surface area contributed by atoms with Gasteiger partial charge in [0.25, 0.3) is 0 Å². The summed E-state index contributed by atoms with van der Waals surface area (Å²) < 4.78 is 18.6. The molecule has 0 fully saturated rings. The molecule has 0 atom stereocenters. The van der Waals surface area contributed by atoms with Gasteiger partial charge in [-0.15, -0.1) is 5.10 Å². The zero-order chi connectivity index (χ0) is 11.5. The number of rotatable bonds is 3. The van der Waals surface area contributed by atoms with Gasteiger partial charge in [-0.1, -0.05) is 11.2 Å². The predicted molar refractivity (Wildman–Crippen MR) is 58.6 cm³/mol. The Morgan fingerprint density at radius 1 is 1.38 bits per heavy atom. The molecule has 1 heterocycles. The molecule has 0 aliphatic heterocycles. The predicted octanol–water partition coefficient (Wildman–Crippen LogP) is 2.62. The van der Waals surface area contributed by atoms with E-state index in [9.17, 15) is 4.39 Å². The molecule has 0 aliphatic rings. The zero-order valence-electron chi connectivity index (χ0n) is 9.12. The first-order chi connectivity index (χ1) is 7.70. The Hall–Kier alpha value is -1.91. The number of hydrogen-bond acceptors (Lipinski definition) is 4. The van der Waals surface area contributed by atoms with Crippen LogP contribution in [0.5, 0.6) is 0 Å². The molecule has 1 N–H and O–H groups in total. The maximum atomic E-state index is 13.3. The van der Waals surface area contributed by atoms with Gasteiger partial charge in [-0.05, 0) is 31.5 Å². The summed E-state index contributed by atoms with van der Waals surface area (Å²) in [5.41, 5.74) is 1.18. The van der Waals surface area contributed by atoms with Crippen molar-refractivity contribution < 1.29 is 8.81 Å². The van der Waals surface area contributed by atoms with Crippen LogP contribution in [0.15, 0.2) is 22.6 Å². The topological polar surface area (TPSA) is 51.0 Å². The summed E-state index contributed by atoms with van der Waals surface area (Å²) in [6, 6.07) is 5.17. The summed E-state index contributed by atoms with van der Waals surface area (Å²) in [5, 5.41) is 10.5. The van der Waals surface area contributed by atoms with E-state index in [0.29, 0.717) is 29.6 Å². The highest BCUT2D eigenvalue weighted by molar-refractivity contribution is 5.54. The lowest BCUT2D eigenvalue weighted by Crippen LogP contribution is -1.95. The lowest BCUT2D eigenvalue weighted by molar-refractivity contribution is 0.579. The fraction of sp³-hybridized carbons (Fsp3) is 0.273. The van der Waals surface area contributed by atoms with Crippen molar-refractivity contribution in [2.45, 2.75) is 13.8 Å². The van der Waals surface area contributed by atoms with E-state index >= 15 is 0 Å². The minimum absolute atomic E-state index is 0.277. The van der Waals surface area contributed by atoms with Crippen molar-refractivity contribution in [3.05, 3.63) is 29.6 Å². The smallest absolute Gasteiger partial charge is 0.315 e. The van der Waals surface area contributed by atoms with Gasteiger partial charge in [0.05, 0.1) is 0 Å². The summed E-state index contributed by atoms with van der Waals surface area (Å²) in [6.07, 6.45) is 0. The zero-order valence-corrected chi connectivity index (χ0v) is 9.12. The number of halogens is 1. The number of nitrogens with one attached hydrogen (secondary N) is 1. The van der Waals surface area contributed by atoms with Gasteiger partial charge in [-0.2, -0.15) is 0 Å². The number of aromatic nitrogens is 2. The minimum atomic E-state index is -0.277. The van der Waals surface area contributed by atoms with E-state index in [0.717, 1.165) is 0 Å². The van der Waals surface area contributed by atoms with Gasteiger partial charge in [-0.25, -0.2) is 4.39 Å². The Balaban J connectivity index is 2.31. The van der Waals surface area contributed by atoms with Crippen LogP contribution in [0.3, 0.4) is 0 Å². The molecule has 0 aliphatic carbocycles. The van der Waals surface area contributed by atoms with Crippen molar-refractivity contribution in [1.82, 2.24) is 10.2 Å². The van der Waals surface area contributed by atoms with Gasteiger partial charge in [0.15, 0.2) is 0 Å². The van der Waals surface area contributed by atoms with Crippen molar-refractivity contribution in [2.75, 3.05) is 11.9 Å². The summed E-state index contributed by atoms with van der Waals surface area (Å²) in [5.74, 6) is 0.0375. The highest BCUT2D eigenvalue weighted by atomic mass is 19.1. The summed E-state index contributed by atoms with van der Waals surface area (Å²) in [7, 11) is 0. The van der Waals surface area contributed by atoms with Gasteiger partial charge < -0.3 is 9.73 Å². The van der Waals surface area contributed by atoms with Crippen LogP contribution in [0.1, 0.15) is 12.5 Å². The van der Waals surface area contributed by atoms with Crippen molar-refractivity contribution in [3.8, 4) is 11.5 Å². The van der Waals surface area contributed by atoms with E-state index < -0.39 is 0 Å². The third-order valence-electron chi connectivity index (χ3n) is 2.17. The number of hydrogen-bond donors (Lipinski definition) is 1. The molecular formula is C11H12FN3O. The lowest BCUT2D eigenvalue weighted by atomic mass is 10.1. The molecule has 0 spiro atoms. The SMILES string of the molecule is CCNc1nnc(-c2ccc(C)c(F)c2)o1. The molecule has 4 nitrogen and oxygen atoms in total. The molecule has 84 valence electrons. The largest absolute Gasteiger partial charge is 0.403 e. The van der Waals surface area contributed by atoms with Crippen LogP contribution in [0, 0.1) is 12.7 Å². The number of aryl methyl sites for hydroxylation is 1. The molecule has 0 amide bonds. The van der Waals surface area contributed by atoms with Crippen LogP contribution in [0.4, 0.5) is 10.4 Å². The molecular weight excluding hydrogens is 209 g/mol. The third kappa shape index (κ3) is 2.03. The first kappa shape index (κ1) is 10.6. The fourth-order valence-electron chi connectivity index (χ4n) is 1.29. The van der Waals surface area contributed by atoms with Gasteiger partial charge in [0.1, 0.15) is 5.82 Å². The molecule has 1 aromatic carbocycles. The fourth-order valence-corrected chi connectivity index (χ4v) is 1.29. The monoisotopic (exact) mass is 221 g/mol. The van der Waals surface area contributed by atoms with E-state index in [1.165, 1.54) is 6.07 Å². The molecule has 5 heteroatoms. The van der Waals surface area contributed by atoms with Crippen LogP contribution in [0.25, 0.3) is 11.5 Å². The second kappa shape index (κ2) is 4.30. The van der Waals surface area contributed by atoms with Crippen LogP contribution < -0.4 is 5.32 Å². The van der Waals surface area contributed by atoms with Crippen LogP contribution >= 0.6 is 0 Å². The third-order valence-corrected chi connectivity index (χ3v) is 2.17. The summed E-state index contributed by atoms with van der Waals surface area (Å²) in [6.45, 7) is 4.33. The molecule has 0 radical (unpaired) electrons. The molecule has 0 unspecified atom stereocenters. The highest BCUT2D eigenvalue weighted by Crippen LogP contribution is 2.21. The first-order valence-electron chi connectivity index (χ1n) is 5.04. The molecule has 1 aromatic heterocycles. The van der Waals surface area contributed by atoms with Crippen molar-refractivity contribution in [3.63, 3.8) is 0 Å². The molecule has 16 heavy (non-hydrogen) atoms. The average molecular weight is 221 g/mol. The molecule has 0 saturated carbocycles. The van der Waals surface area contributed by atoms with Crippen molar-refractivity contribution >= 4 is 6.01 Å². The maximum Gasteiger partial charge on any atom is 0.315 e. The lowest BCUT2D eigenvalue weighted by Gasteiger charge is -1.98. The maximum absolute atomic E-state index is 13.3. The van der Waals surface area contributed by atoms with E-state index in [2.05, 4.69) is 15.5 Å². The van der Waals surface area contributed by atoms with Gasteiger partial charge >= 0.3 is 6.01 Å². The number of anilines is 1. The summed E-state index contributed by atoms with van der Waals surface area (Å²) >= 11 is 0. The van der Waals surface area contributed by atoms with Crippen LogP contribution in [-0.2, 0) is 0 Å². The van der Waals surface area contributed by atoms with E-state index in [1.807, 2.05) is 6.92 Å². The second-order valence-electron chi connectivity index (χ2n) is 3.41. The Labute approximate surface area is 92.5 Å². The molecule has 2 aromatic rings. The standard InChI is InChI=1S/C11H12FN3O/c1-3-13-11-15-14-10(16-11)8-5-4-7(2)9(12)6-8/h4-6H,3H2,1-2H3,(H,13,15). The average Bonchev–Trinajstić information content (AvgIpc) is 2.71. The van der Waals surface area contributed by atoms with Gasteiger partial charge in [0.2, 0.25) is 5.89 Å². The summed E-state index contributed by atoms with van der Waals surface area (Å²) in [4.78, 5) is 0. The Bertz CT molecular complexity index is 496. The first-order valence-corrected chi connectivity index (χ1v) is 5.04. The highest BCUT2D eigenvalue weighted by Gasteiger charge is 2.09. The van der Waals surface area contributed by atoms with Crippen LogP contribution in [0.2, 0.25) is 0 Å². The van der Waals surface area contributed by atoms with Crippen molar-refractivity contribution in [1.29, 1.82) is 0 Å². The number of nitrogens with zero attached hydrogens (tertiary/aromatic N) is 2. The quantitative estimate of drug-likeness (QED) is 0.865. The Kier molecular flexibility index (Phi) is 2.85. The molecule has 0 saturated heterocycles. The van der Waals surface area contributed by atoms with Crippen LogP contribution in [-0.4, -0.2) is 16.7 Å². The van der Waals surface area contributed by atoms with E-state index in [-0.39, 0.29) is 5.82 Å². The Morgan fingerprint density at radius 2 is 2.19 bits per heavy atom. The molecule has 0 bridgehead atoms. The van der Waals surface area contributed by atoms with Gasteiger partial charge in [-0.3, -0.25) is 0 Å².